The summed E-state index contributed by atoms with van der Waals surface area (Å²) in [5, 5.41) is 4.70. The van der Waals surface area contributed by atoms with E-state index in [1.807, 2.05) is 22.9 Å². The highest BCUT2D eigenvalue weighted by Crippen LogP contribution is 2.28. The van der Waals surface area contributed by atoms with Crippen molar-refractivity contribution in [3.63, 3.8) is 0 Å². The van der Waals surface area contributed by atoms with E-state index in [1.54, 1.807) is 0 Å². The molecule has 0 bridgehead atoms. The first-order chi connectivity index (χ1) is 8.25. The van der Waals surface area contributed by atoms with Gasteiger partial charge in [0.2, 0.25) is 0 Å². The summed E-state index contributed by atoms with van der Waals surface area (Å²) in [6.07, 6.45) is 1.03. The summed E-state index contributed by atoms with van der Waals surface area (Å²) in [4.78, 5) is 2.32. The number of para-hydroxylation sites is 1. The molecule has 0 amide bonds. The van der Waals surface area contributed by atoms with Gasteiger partial charge in [0, 0.05) is 25.1 Å². The summed E-state index contributed by atoms with van der Waals surface area (Å²) in [6, 6.07) is 10.2. The van der Waals surface area contributed by atoms with Gasteiger partial charge in [-0.2, -0.15) is 5.10 Å². The molecule has 3 rings (SSSR count). The first-order valence-electron chi connectivity index (χ1n) is 5.76. The van der Waals surface area contributed by atoms with Crippen molar-refractivity contribution in [2.45, 2.75) is 13.0 Å². The molecular weight excluding hydrogens is 278 g/mol. The Hall–Kier alpha value is -1.13. The molecule has 0 radical (unpaired) electrons. The van der Waals surface area contributed by atoms with E-state index < -0.39 is 0 Å². The third-order valence-corrected chi connectivity index (χ3v) is 3.98. The van der Waals surface area contributed by atoms with Crippen LogP contribution in [-0.2, 0) is 13.0 Å². The summed E-state index contributed by atoms with van der Waals surface area (Å²) in [7, 11) is 2.15. The zero-order valence-corrected chi connectivity index (χ0v) is 11.3. The van der Waals surface area contributed by atoms with Crippen molar-refractivity contribution in [2.24, 2.45) is 0 Å². The molecule has 2 aromatic rings. The van der Waals surface area contributed by atoms with Crippen LogP contribution in [0.2, 0.25) is 0 Å². The molecule has 0 saturated carbocycles. The molecule has 0 spiro atoms. The fourth-order valence-corrected chi connectivity index (χ4v) is 2.85. The number of fused-ring (bicyclic) bond motifs is 1. The third-order valence-electron chi connectivity index (χ3n) is 3.16. The van der Waals surface area contributed by atoms with Crippen LogP contribution in [0.1, 0.15) is 11.3 Å². The Kier molecular flexibility index (Phi) is 2.76. The predicted molar refractivity (Wildman–Crippen MR) is 71.3 cm³/mol. The van der Waals surface area contributed by atoms with E-state index in [0.29, 0.717) is 0 Å². The number of hydrogen-bond acceptors (Lipinski definition) is 2. The van der Waals surface area contributed by atoms with Gasteiger partial charge in [-0.1, -0.05) is 18.2 Å². The molecule has 3 nitrogen and oxygen atoms in total. The van der Waals surface area contributed by atoms with Crippen LogP contribution in [0.25, 0.3) is 5.69 Å². The van der Waals surface area contributed by atoms with E-state index >= 15 is 0 Å². The van der Waals surface area contributed by atoms with Crippen molar-refractivity contribution in [2.75, 3.05) is 13.6 Å². The zero-order valence-electron chi connectivity index (χ0n) is 9.73. The van der Waals surface area contributed by atoms with Gasteiger partial charge in [-0.05, 0) is 35.1 Å². The Labute approximate surface area is 109 Å². The summed E-state index contributed by atoms with van der Waals surface area (Å²) in [5.74, 6) is 0. The highest BCUT2D eigenvalue weighted by molar-refractivity contribution is 9.10. The first-order valence-corrected chi connectivity index (χ1v) is 6.55. The maximum absolute atomic E-state index is 4.70. The van der Waals surface area contributed by atoms with E-state index in [2.05, 4.69) is 40.0 Å². The van der Waals surface area contributed by atoms with Crippen LogP contribution >= 0.6 is 15.9 Å². The molecule has 17 heavy (non-hydrogen) atoms. The largest absolute Gasteiger partial charge is 0.302 e. The van der Waals surface area contributed by atoms with Gasteiger partial charge in [-0.15, -0.1) is 0 Å². The molecule has 1 aliphatic heterocycles. The van der Waals surface area contributed by atoms with Crippen molar-refractivity contribution >= 4 is 15.9 Å². The van der Waals surface area contributed by atoms with E-state index in [4.69, 9.17) is 5.10 Å². The summed E-state index contributed by atoms with van der Waals surface area (Å²) in [6.45, 7) is 2.06. The molecular formula is C13H14BrN3. The Morgan fingerprint density at radius 2 is 2.00 bits per heavy atom. The van der Waals surface area contributed by atoms with Gasteiger partial charge in [0.25, 0.3) is 0 Å². The third kappa shape index (κ3) is 1.91. The fourth-order valence-electron chi connectivity index (χ4n) is 2.22. The van der Waals surface area contributed by atoms with Crippen molar-refractivity contribution < 1.29 is 0 Å². The average molecular weight is 292 g/mol. The van der Waals surface area contributed by atoms with Gasteiger partial charge in [0.15, 0.2) is 0 Å². The van der Waals surface area contributed by atoms with Crippen LogP contribution < -0.4 is 0 Å². The second kappa shape index (κ2) is 4.27. The van der Waals surface area contributed by atoms with E-state index in [-0.39, 0.29) is 0 Å². The maximum atomic E-state index is 4.70. The monoisotopic (exact) mass is 291 g/mol. The molecule has 0 N–H and O–H groups in total. The number of rotatable bonds is 1. The summed E-state index contributed by atoms with van der Waals surface area (Å²) >= 11 is 3.67. The average Bonchev–Trinajstić information content (AvgIpc) is 2.68. The lowest BCUT2D eigenvalue weighted by molar-refractivity contribution is 0.311. The SMILES string of the molecule is CN1CCc2nn(-c3ccccc3)c(Br)c2C1. The second-order valence-electron chi connectivity index (χ2n) is 4.45. The van der Waals surface area contributed by atoms with Crippen molar-refractivity contribution in [1.29, 1.82) is 0 Å². The van der Waals surface area contributed by atoms with Gasteiger partial charge >= 0.3 is 0 Å². The Morgan fingerprint density at radius 1 is 1.24 bits per heavy atom. The minimum absolute atomic E-state index is 0.975. The number of halogens is 1. The van der Waals surface area contributed by atoms with Gasteiger partial charge in [0.05, 0.1) is 11.4 Å². The van der Waals surface area contributed by atoms with Crippen LogP contribution in [0.4, 0.5) is 0 Å². The molecule has 1 aliphatic rings. The number of aromatic nitrogens is 2. The first kappa shape index (κ1) is 11.0. The van der Waals surface area contributed by atoms with Gasteiger partial charge < -0.3 is 4.90 Å². The van der Waals surface area contributed by atoms with Gasteiger partial charge in [-0.25, -0.2) is 4.68 Å². The van der Waals surface area contributed by atoms with E-state index in [1.165, 1.54) is 11.3 Å². The highest BCUT2D eigenvalue weighted by Gasteiger charge is 2.21. The standard InChI is InChI=1S/C13H14BrN3/c1-16-8-7-12-11(9-16)13(14)17(15-12)10-5-3-2-4-6-10/h2-6H,7-9H2,1H3. The predicted octanol–water partition coefficient (Wildman–Crippen LogP) is 2.62. The minimum Gasteiger partial charge on any atom is -0.302 e. The lowest BCUT2D eigenvalue weighted by Gasteiger charge is -2.21. The summed E-state index contributed by atoms with van der Waals surface area (Å²) < 4.78 is 3.08. The molecule has 0 fully saturated rings. The molecule has 1 aromatic carbocycles. The quantitative estimate of drug-likeness (QED) is 0.805. The molecule has 0 unspecified atom stereocenters. The zero-order chi connectivity index (χ0) is 11.8. The fraction of sp³-hybridized carbons (Fsp3) is 0.308. The molecule has 0 aliphatic carbocycles. The van der Waals surface area contributed by atoms with E-state index in [0.717, 1.165) is 29.8 Å². The second-order valence-corrected chi connectivity index (χ2v) is 5.20. The number of hydrogen-bond donors (Lipinski definition) is 0. The van der Waals surface area contributed by atoms with Crippen molar-refractivity contribution in [3.05, 3.63) is 46.2 Å². The topological polar surface area (TPSA) is 21.1 Å². The van der Waals surface area contributed by atoms with Gasteiger partial charge in [-0.3, -0.25) is 0 Å². The van der Waals surface area contributed by atoms with Crippen molar-refractivity contribution in [3.8, 4) is 5.69 Å². The van der Waals surface area contributed by atoms with Crippen LogP contribution in [-0.4, -0.2) is 28.3 Å². The van der Waals surface area contributed by atoms with Crippen LogP contribution in [0.5, 0.6) is 0 Å². The van der Waals surface area contributed by atoms with Crippen molar-refractivity contribution in [1.82, 2.24) is 14.7 Å². The molecule has 88 valence electrons. The highest BCUT2D eigenvalue weighted by atomic mass is 79.9. The lowest BCUT2D eigenvalue weighted by atomic mass is 10.1. The Morgan fingerprint density at radius 3 is 2.76 bits per heavy atom. The smallest absolute Gasteiger partial charge is 0.114 e. The molecule has 4 heteroatoms. The Balaban J connectivity index is 2.08. The van der Waals surface area contributed by atoms with Crippen LogP contribution in [0.15, 0.2) is 34.9 Å². The number of nitrogens with zero attached hydrogens (tertiary/aromatic N) is 3. The minimum atomic E-state index is 0.975. The summed E-state index contributed by atoms with van der Waals surface area (Å²) in [5.41, 5.74) is 3.65. The normalized spacial score (nSPS) is 15.9. The molecule has 1 aromatic heterocycles. The molecule has 2 heterocycles. The van der Waals surface area contributed by atoms with Crippen LogP contribution in [0.3, 0.4) is 0 Å². The number of likely N-dealkylation sites (N-methyl/N-ethyl adjacent to an activating group) is 1. The molecule has 0 saturated heterocycles. The number of benzene rings is 1. The lowest BCUT2D eigenvalue weighted by Crippen LogP contribution is -2.26. The van der Waals surface area contributed by atoms with Crippen LogP contribution in [0, 0.1) is 0 Å². The van der Waals surface area contributed by atoms with E-state index in [9.17, 15) is 0 Å². The van der Waals surface area contributed by atoms with Gasteiger partial charge in [0.1, 0.15) is 4.60 Å². The Bertz CT molecular complexity index is 533. The molecule has 0 atom stereocenters. The maximum Gasteiger partial charge on any atom is 0.114 e.